The van der Waals surface area contributed by atoms with Crippen LogP contribution in [-0.2, 0) is 14.8 Å². The van der Waals surface area contributed by atoms with Gasteiger partial charge >= 0.3 is 5.97 Å². The molecule has 1 saturated heterocycles. The molecule has 1 aromatic rings. The molecule has 0 amide bonds. The van der Waals surface area contributed by atoms with E-state index in [1.54, 1.807) is 6.92 Å². The molecule has 2 N–H and O–H groups in total. The van der Waals surface area contributed by atoms with Crippen LogP contribution in [0.4, 0.5) is 0 Å². The summed E-state index contributed by atoms with van der Waals surface area (Å²) in [6.45, 7) is 2.14. The molecular weight excluding hydrogens is 270 g/mol. The normalized spacial score (nSPS) is 25.3. The van der Waals surface area contributed by atoms with Gasteiger partial charge in [0.05, 0.1) is 11.6 Å². The Morgan fingerprint density at radius 2 is 2.37 bits per heavy atom. The largest absolute Gasteiger partial charge is 0.481 e. The van der Waals surface area contributed by atoms with Gasteiger partial charge in [-0.15, -0.1) is 0 Å². The fourth-order valence-corrected chi connectivity index (χ4v) is 3.90. The second kappa shape index (κ2) is 4.93. The molecule has 106 valence electrons. The molecule has 1 aliphatic heterocycles. The van der Waals surface area contributed by atoms with Crippen molar-refractivity contribution < 1.29 is 18.3 Å². The molecule has 1 atom stereocenters. The minimum Gasteiger partial charge on any atom is -0.481 e. The highest BCUT2D eigenvalue weighted by molar-refractivity contribution is 7.89. The van der Waals surface area contributed by atoms with E-state index in [0.717, 1.165) is 0 Å². The molecule has 2 heterocycles. The fourth-order valence-electron chi connectivity index (χ4n) is 2.43. The smallest absolute Gasteiger partial charge is 0.310 e. The highest BCUT2D eigenvalue weighted by Crippen LogP contribution is 2.35. The topological polar surface area (TPSA) is 103 Å². The zero-order chi connectivity index (χ0) is 14.1. The van der Waals surface area contributed by atoms with Crippen LogP contribution in [-0.4, -0.2) is 47.1 Å². The quantitative estimate of drug-likeness (QED) is 0.847. The summed E-state index contributed by atoms with van der Waals surface area (Å²) < 4.78 is 25.9. The van der Waals surface area contributed by atoms with Crippen molar-refractivity contribution in [3.63, 3.8) is 0 Å². The number of carboxylic acid groups (broad SMARTS) is 1. The Hall–Kier alpha value is -1.41. The highest BCUT2D eigenvalue weighted by Gasteiger charge is 2.44. The molecule has 0 aliphatic carbocycles. The van der Waals surface area contributed by atoms with Crippen molar-refractivity contribution in [1.82, 2.24) is 14.5 Å². The monoisotopic (exact) mass is 287 g/mol. The van der Waals surface area contributed by atoms with Gasteiger partial charge in [0.15, 0.2) is 5.03 Å². The van der Waals surface area contributed by atoms with E-state index in [-0.39, 0.29) is 11.6 Å². The van der Waals surface area contributed by atoms with Crippen molar-refractivity contribution >= 4 is 16.0 Å². The molecule has 1 fully saturated rings. The van der Waals surface area contributed by atoms with Crippen molar-refractivity contribution in [2.24, 2.45) is 5.41 Å². The Morgan fingerprint density at radius 1 is 1.63 bits per heavy atom. The maximum Gasteiger partial charge on any atom is 0.310 e. The number of nitrogens with one attached hydrogen (secondary N) is 1. The number of piperidine rings is 1. The Kier molecular flexibility index (Phi) is 3.64. The maximum absolute atomic E-state index is 12.3. The summed E-state index contributed by atoms with van der Waals surface area (Å²) in [4.78, 5) is 11.4. The van der Waals surface area contributed by atoms with E-state index in [1.807, 2.05) is 0 Å². The molecule has 0 aromatic carbocycles. The number of carbonyl (C=O) groups is 1. The molecule has 1 aliphatic rings. The van der Waals surface area contributed by atoms with Crippen LogP contribution in [0.1, 0.15) is 26.2 Å². The number of aliphatic carboxylic acids is 1. The average molecular weight is 287 g/mol. The van der Waals surface area contributed by atoms with Crippen LogP contribution in [0.2, 0.25) is 0 Å². The van der Waals surface area contributed by atoms with E-state index in [1.165, 1.54) is 16.6 Å². The number of aromatic amines is 1. The van der Waals surface area contributed by atoms with Crippen LogP contribution in [0, 0.1) is 5.41 Å². The van der Waals surface area contributed by atoms with Crippen LogP contribution < -0.4 is 0 Å². The second-order valence-electron chi connectivity index (χ2n) is 4.80. The molecule has 0 saturated carbocycles. The number of nitrogens with zero attached hydrogens (tertiary/aromatic N) is 2. The molecule has 1 aromatic heterocycles. The number of aromatic nitrogens is 2. The Morgan fingerprint density at radius 3 is 2.89 bits per heavy atom. The van der Waals surface area contributed by atoms with Gasteiger partial charge in [0.1, 0.15) is 0 Å². The average Bonchev–Trinajstić information content (AvgIpc) is 2.93. The van der Waals surface area contributed by atoms with Crippen LogP contribution >= 0.6 is 0 Å². The van der Waals surface area contributed by atoms with Crippen LogP contribution in [0.3, 0.4) is 0 Å². The molecule has 0 radical (unpaired) electrons. The van der Waals surface area contributed by atoms with E-state index in [4.69, 9.17) is 0 Å². The lowest BCUT2D eigenvalue weighted by molar-refractivity contribution is -0.151. The number of rotatable bonds is 4. The number of carboxylic acids is 1. The fraction of sp³-hybridized carbons (Fsp3) is 0.636. The number of hydrogen-bond donors (Lipinski definition) is 2. The first-order chi connectivity index (χ1) is 8.92. The highest BCUT2D eigenvalue weighted by atomic mass is 32.2. The van der Waals surface area contributed by atoms with Crippen LogP contribution in [0.25, 0.3) is 0 Å². The minimum absolute atomic E-state index is 0.00444. The van der Waals surface area contributed by atoms with E-state index in [2.05, 4.69) is 10.2 Å². The van der Waals surface area contributed by atoms with E-state index in [9.17, 15) is 18.3 Å². The van der Waals surface area contributed by atoms with Crippen LogP contribution in [0.5, 0.6) is 0 Å². The first-order valence-electron chi connectivity index (χ1n) is 6.15. The van der Waals surface area contributed by atoms with Crippen molar-refractivity contribution in [1.29, 1.82) is 0 Å². The Balaban J connectivity index is 2.30. The Bertz CT molecular complexity index is 555. The first kappa shape index (κ1) is 14.0. The van der Waals surface area contributed by atoms with Gasteiger partial charge in [-0.2, -0.15) is 9.40 Å². The van der Waals surface area contributed by atoms with Gasteiger partial charge in [-0.3, -0.25) is 9.89 Å². The Labute approximate surface area is 111 Å². The second-order valence-corrected chi connectivity index (χ2v) is 6.71. The molecule has 2 rings (SSSR count). The lowest BCUT2D eigenvalue weighted by Gasteiger charge is -2.38. The maximum atomic E-state index is 12.3. The predicted molar refractivity (Wildman–Crippen MR) is 66.9 cm³/mol. The summed E-state index contributed by atoms with van der Waals surface area (Å²) in [6.07, 6.45) is 2.83. The number of sulfonamides is 1. The summed E-state index contributed by atoms with van der Waals surface area (Å²) in [7, 11) is -3.68. The number of hydrogen-bond acceptors (Lipinski definition) is 4. The third-order valence-corrected chi connectivity index (χ3v) is 5.54. The summed E-state index contributed by atoms with van der Waals surface area (Å²) in [6, 6.07) is 1.37. The standard InChI is InChI=1S/C11H17N3O4S/c1-2-11(10(15)16)5-3-7-14(8-11)19(17,18)9-4-6-12-13-9/h4,6H,2-3,5,7-8H2,1H3,(H,12,13)(H,15,16). The lowest BCUT2D eigenvalue weighted by atomic mass is 9.78. The van der Waals surface area contributed by atoms with Gasteiger partial charge in [-0.1, -0.05) is 6.92 Å². The van der Waals surface area contributed by atoms with E-state index in [0.29, 0.717) is 25.8 Å². The van der Waals surface area contributed by atoms with Gasteiger partial charge in [-0.05, 0) is 25.3 Å². The first-order valence-corrected chi connectivity index (χ1v) is 7.59. The molecular formula is C11H17N3O4S. The van der Waals surface area contributed by atoms with Gasteiger partial charge in [0.2, 0.25) is 0 Å². The SMILES string of the molecule is CCC1(C(=O)O)CCCN(S(=O)(=O)c2ccn[nH]2)C1. The van der Waals surface area contributed by atoms with Crippen LogP contribution in [0.15, 0.2) is 17.3 Å². The van der Waals surface area contributed by atoms with E-state index >= 15 is 0 Å². The van der Waals surface area contributed by atoms with E-state index < -0.39 is 21.4 Å². The van der Waals surface area contributed by atoms with Gasteiger partial charge in [0.25, 0.3) is 10.0 Å². The summed E-state index contributed by atoms with van der Waals surface area (Å²) in [5.74, 6) is -0.931. The molecule has 7 nitrogen and oxygen atoms in total. The molecule has 1 unspecified atom stereocenters. The van der Waals surface area contributed by atoms with Crippen molar-refractivity contribution in [2.75, 3.05) is 13.1 Å². The molecule has 0 spiro atoms. The predicted octanol–water partition coefficient (Wildman–Crippen LogP) is 0.675. The molecule has 19 heavy (non-hydrogen) atoms. The minimum atomic E-state index is -3.68. The third-order valence-electron chi connectivity index (χ3n) is 3.77. The summed E-state index contributed by atoms with van der Waals surface area (Å²) >= 11 is 0. The van der Waals surface area contributed by atoms with Gasteiger partial charge < -0.3 is 5.11 Å². The molecule has 8 heteroatoms. The summed E-state index contributed by atoms with van der Waals surface area (Å²) in [5.41, 5.74) is -0.981. The van der Waals surface area contributed by atoms with Crippen molar-refractivity contribution in [2.45, 2.75) is 31.2 Å². The van der Waals surface area contributed by atoms with Gasteiger partial charge in [-0.25, -0.2) is 8.42 Å². The number of H-pyrrole nitrogens is 1. The zero-order valence-electron chi connectivity index (χ0n) is 10.7. The zero-order valence-corrected chi connectivity index (χ0v) is 11.5. The molecule has 0 bridgehead atoms. The van der Waals surface area contributed by atoms with Crippen molar-refractivity contribution in [3.05, 3.63) is 12.3 Å². The van der Waals surface area contributed by atoms with Gasteiger partial charge in [0, 0.05) is 13.1 Å². The summed E-state index contributed by atoms with van der Waals surface area (Å²) in [5, 5.41) is 15.4. The lowest BCUT2D eigenvalue weighted by Crippen LogP contribution is -2.49. The third kappa shape index (κ3) is 2.37. The van der Waals surface area contributed by atoms with Crippen molar-refractivity contribution in [3.8, 4) is 0 Å².